The summed E-state index contributed by atoms with van der Waals surface area (Å²) >= 11 is 1.86. The molecule has 0 radical (unpaired) electrons. The third-order valence-electron chi connectivity index (χ3n) is 2.51. The summed E-state index contributed by atoms with van der Waals surface area (Å²) < 4.78 is 26.2. The van der Waals surface area contributed by atoms with Crippen molar-refractivity contribution in [2.75, 3.05) is 23.8 Å². The van der Waals surface area contributed by atoms with Gasteiger partial charge in [0.25, 0.3) is 0 Å². The number of nitrogens with two attached hydrogens (primary N) is 1. The minimum Gasteiger partial charge on any atom is -0.383 e. The molecule has 2 heterocycles. The van der Waals surface area contributed by atoms with Gasteiger partial charge in [0.1, 0.15) is 10.7 Å². The maximum Gasteiger partial charge on any atom is 0.245 e. The summed E-state index contributed by atoms with van der Waals surface area (Å²) in [6, 6.07) is 0. The number of nitrogen functional groups attached to an aromatic ring is 1. The van der Waals surface area contributed by atoms with Crippen molar-refractivity contribution in [3.05, 3.63) is 6.20 Å². The standard InChI is InChI=1S/C8H14N4O2S2/c9-8-7(4-10-12-8)16(13,14)11-3-6-1-2-15-5-6/h4,6,11H,1-3,5H2,(H3,9,10,12). The fraction of sp³-hybridized carbons (Fsp3) is 0.625. The first-order valence-electron chi connectivity index (χ1n) is 4.96. The van der Waals surface area contributed by atoms with Crippen LogP contribution in [0.25, 0.3) is 0 Å². The van der Waals surface area contributed by atoms with Crippen LogP contribution in [-0.2, 0) is 10.0 Å². The molecule has 0 aliphatic carbocycles. The average Bonchev–Trinajstić information content (AvgIpc) is 2.85. The smallest absolute Gasteiger partial charge is 0.245 e. The van der Waals surface area contributed by atoms with E-state index in [2.05, 4.69) is 14.9 Å². The van der Waals surface area contributed by atoms with Crippen molar-refractivity contribution in [3.8, 4) is 0 Å². The Morgan fingerprint density at radius 1 is 1.69 bits per heavy atom. The van der Waals surface area contributed by atoms with E-state index in [0.29, 0.717) is 12.5 Å². The molecule has 1 aromatic rings. The lowest BCUT2D eigenvalue weighted by molar-refractivity contribution is 0.546. The Bertz CT molecular complexity index is 450. The zero-order valence-corrected chi connectivity index (χ0v) is 10.3. The monoisotopic (exact) mass is 262 g/mol. The highest BCUT2D eigenvalue weighted by atomic mass is 32.2. The Labute approximate surface area is 98.4 Å². The highest BCUT2D eigenvalue weighted by molar-refractivity contribution is 7.99. The highest BCUT2D eigenvalue weighted by Crippen LogP contribution is 2.23. The number of H-pyrrole nitrogens is 1. The molecular weight excluding hydrogens is 248 g/mol. The summed E-state index contributed by atoms with van der Waals surface area (Å²) in [4.78, 5) is 0.0261. The number of thioether (sulfide) groups is 1. The van der Waals surface area contributed by atoms with Crippen LogP contribution in [0.5, 0.6) is 0 Å². The van der Waals surface area contributed by atoms with Crippen LogP contribution in [0.3, 0.4) is 0 Å². The molecule has 4 N–H and O–H groups in total. The van der Waals surface area contributed by atoms with E-state index in [1.165, 1.54) is 6.20 Å². The van der Waals surface area contributed by atoms with E-state index in [1.54, 1.807) is 0 Å². The van der Waals surface area contributed by atoms with Gasteiger partial charge in [-0.1, -0.05) is 0 Å². The number of aromatic amines is 1. The van der Waals surface area contributed by atoms with Crippen LogP contribution in [0.1, 0.15) is 6.42 Å². The number of anilines is 1. The fourth-order valence-corrected chi connectivity index (χ4v) is 3.97. The summed E-state index contributed by atoms with van der Waals surface area (Å²) in [5.41, 5.74) is 5.47. The molecule has 16 heavy (non-hydrogen) atoms. The van der Waals surface area contributed by atoms with Crippen molar-refractivity contribution in [2.24, 2.45) is 5.92 Å². The first kappa shape index (κ1) is 11.7. The highest BCUT2D eigenvalue weighted by Gasteiger charge is 2.22. The van der Waals surface area contributed by atoms with Crippen molar-refractivity contribution in [2.45, 2.75) is 11.3 Å². The SMILES string of the molecule is Nc1[nH]ncc1S(=O)(=O)NCC1CCSC1. The first-order valence-corrected chi connectivity index (χ1v) is 7.59. The molecule has 1 aliphatic rings. The topological polar surface area (TPSA) is 101 Å². The van der Waals surface area contributed by atoms with E-state index >= 15 is 0 Å². The molecular formula is C8H14N4O2S2. The largest absolute Gasteiger partial charge is 0.383 e. The summed E-state index contributed by atoms with van der Waals surface area (Å²) in [5.74, 6) is 2.63. The van der Waals surface area contributed by atoms with Crippen molar-refractivity contribution in [3.63, 3.8) is 0 Å². The molecule has 1 unspecified atom stereocenters. The zero-order valence-electron chi connectivity index (χ0n) is 8.64. The summed E-state index contributed by atoms with van der Waals surface area (Å²) in [7, 11) is -3.51. The molecule has 1 aromatic heterocycles. The van der Waals surface area contributed by atoms with Gasteiger partial charge >= 0.3 is 0 Å². The molecule has 0 spiro atoms. The molecule has 1 atom stereocenters. The Hall–Kier alpha value is -0.730. The molecule has 2 rings (SSSR count). The van der Waals surface area contributed by atoms with E-state index < -0.39 is 10.0 Å². The van der Waals surface area contributed by atoms with Crippen LogP contribution in [0, 0.1) is 5.92 Å². The molecule has 8 heteroatoms. The van der Waals surface area contributed by atoms with Gasteiger partial charge in [0.2, 0.25) is 10.0 Å². The average molecular weight is 262 g/mol. The Morgan fingerprint density at radius 2 is 2.50 bits per heavy atom. The second kappa shape index (κ2) is 4.64. The minimum atomic E-state index is -3.51. The number of sulfonamides is 1. The number of hydrogen-bond donors (Lipinski definition) is 3. The number of rotatable bonds is 4. The zero-order chi connectivity index (χ0) is 11.6. The maximum atomic E-state index is 11.8. The van der Waals surface area contributed by atoms with Crippen molar-refractivity contribution in [1.29, 1.82) is 0 Å². The summed E-state index contributed by atoms with van der Waals surface area (Å²) in [5, 5.41) is 6.00. The lowest BCUT2D eigenvalue weighted by atomic mass is 10.1. The predicted octanol–water partition coefficient (Wildman–Crippen LogP) is 0.0233. The van der Waals surface area contributed by atoms with Crippen molar-refractivity contribution < 1.29 is 8.42 Å². The van der Waals surface area contributed by atoms with E-state index in [0.717, 1.165) is 17.9 Å². The lowest BCUT2D eigenvalue weighted by Gasteiger charge is -2.09. The number of aromatic nitrogens is 2. The Balaban J connectivity index is 2.00. The van der Waals surface area contributed by atoms with Crippen molar-refractivity contribution in [1.82, 2.24) is 14.9 Å². The maximum absolute atomic E-state index is 11.8. The van der Waals surface area contributed by atoms with Gasteiger partial charge in [-0.15, -0.1) is 0 Å². The van der Waals surface area contributed by atoms with E-state index in [1.807, 2.05) is 11.8 Å². The molecule has 6 nitrogen and oxygen atoms in total. The summed E-state index contributed by atoms with van der Waals surface area (Å²) in [6.07, 6.45) is 2.29. The minimum absolute atomic E-state index is 0.0261. The molecule has 1 aliphatic heterocycles. The van der Waals surface area contributed by atoms with Crippen LogP contribution in [0.2, 0.25) is 0 Å². The molecule has 90 valence electrons. The van der Waals surface area contributed by atoms with Gasteiger partial charge in [-0.25, -0.2) is 13.1 Å². The molecule has 0 bridgehead atoms. The molecule has 1 saturated heterocycles. The third kappa shape index (κ3) is 2.50. The van der Waals surface area contributed by atoms with Gasteiger partial charge in [-0.3, -0.25) is 5.10 Å². The van der Waals surface area contributed by atoms with Gasteiger partial charge in [0.05, 0.1) is 6.20 Å². The quantitative estimate of drug-likeness (QED) is 0.710. The number of hydrogen-bond acceptors (Lipinski definition) is 5. The van der Waals surface area contributed by atoms with Gasteiger partial charge in [-0.05, 0) is 23.8 Å². The molecule has 0 aromatic carbocycles. The van der Waals surface area contributed by atoms with Crippen LogP contribution in [0.15, 0.2) is 11.1 Å². The fourth-order valence-electron chi connectivity index (χ4n) is 1.55. The number of nitrogens with one attached hydrogen (secondary N) is 2. The molecule has 0 amide bonds. The van der Waals surface area contributed by atoms with Crippen LogP contribution >= 0.6 is 11.8 Å². The van der Waals surface area contributed by atoms with Crippen molar-refractivity contribution >= 4 is 27.6 Å². The number of nitrogens with zero attached hydrogens (tertiary/aromatic N) is 1. The van der Waals surface area contributed by atoms with Crippen LogP contribution < -0.4 is 10.5 Å². The van der Waals surface area contributed by atoms with Crippen LogP contribution in [0.4, 0.5) is 5.82 Å². The molecule has 0 saturated carbocycles. The van der Waals surface area contributed by atoms with E-state index in [-0.39, 0.29) is 10.7 Å². The van der Waals surface area contributed by atoms with Gasteiger partial charge < -0.3 is 5.73 Å². The van der Waals surface area contributed by atoms with Crippen LogP contribution in [-0.4, -0.2) is 36.7 Å². The lowest BCUT2D eigenvalue weighted by Crippen LogP contribution is -2.29. The van der Waals surface area contributed by atoms with Gasteiger partial charge in [-0.2, -0.15) is 16.9 Å². The Morgan fingerprint density at radius 3 is 3.06 bits per heavy atom. The first-order chi connectivity index (χ1) is 7.59. The second-order valence-corrected chi connectivity index (χ2v) is 6.61. The predicted molar refractivity (Wildman–Crippen MR) is 63.6 cm³/mol. The molecule has 1 fully saturated rings. The Kier molecular flexibility index (Phi) is 3.41. The van der Waals surface area contributed by atoms with E-state index in [4.69, 9.17) is 5.73 Å². The van der Waals surface area contributed by atoms with E-state index in [9.17, 15) is 8.42 Å². The summed E-state index contributed by atoms with van der Waals surface area (Å²) in [6.45, 7) is 0.472. The second-order valence-electron chi connectivity index (χ2n) is 3.73. The van der Waals surface area contributed by atoms with Gasteiger partial charge in [0, 0.05) is 6.54 Å². The normalized spacial score (nSPS) is 21.4. The third-order valence-corrected chi connectivity index (χ3v) is 5.19. The van der Waals surface area contributed by atoms with Gasteiger partial charge in [0.15, 0.2) is 0 Å².